The molecule has 140 valence electrons. The normalized spacial score (nSPS) is 14.1. The van der Waals surface area contributed by atoms with Gasteiger partial charge in [-0.1, -0.05) is 39.7 Å². The van der Waals surface area contributed by atoms with Crippen LogP contribution in [0.3, 0.4) is 0 Å². The first-order valence-electron chi connectivity index (χ1n) is 7.89. The molecule has 1 aliphatic rings. The molecule has 0 N–H and O–H groups in total. The van der Waals surface area contributed by atoms with E-state index in [2.05, 4.69) is 90.9 Å². The van der Waals surface area contributed by atoms with E-state index in [-0.39, 0.29) is 62.0 Å². The van der Waals surface area contributed by atoms with Gasteiger partial charge in [0.05, 0.1) is 0 Å². The van der Waals surface area contributed by atoms with Crippen LogP contribution in [0.25, 0.3) is 10.8 Å². The van der Waals surface area contributed by atoms with Crippen molar-refractivity contribution in [3.05, 3.63) is 78.6 Å². The molecular weight excluding hydrogens is 454 g/mol. The van der Waals surface area contributed by atoms with Gasteiger partial charge in [0, 0.05) is 11.0 Å². The minimum atomic E-state index is 0. The van der Waals surface area contributed by atoms with Gasteiger partial charge in [0.15, 0.2) is 0 Å². The fraction of sp³-hybridized carbons (Fsp3) is 0.318. The van der Waals surface area contributed by atoms with Crippen molar-refractivity contribution in [3.8, 4) is 0 Å². The first kappa shape index (κ1) is 33.6. The zero-order valence-electron chi connectivity index (χ0n) is 16.5. The Morgan fingerprint density at radius 1 is 1.04 bits per heavy atom. The molecule has 2 aromatic carbocycles. The van der Waals surface area contributed by atoms with Crippen LogP contribution in [0.4, 0.5) is 0 Å². The van der Waals surface area contributed by atoms with Gasteiger partial charge in [0.2, 0.25) is 0 Å². The minimum Gasteiger partial charge on any atom is -0.372 e. The molecule has 0 fully saturated rings. The molecule has 0 bridgehead atoms. The zero-order chi connectivity index (χ0) is 16.7. The maximum Gasteiger partial charge on any atom is 4.00 e. The van der Waals surface area contributed by atoms with Crippen molar-refractivity contribution in [2.24, 2.45) is 5.92 Å². The van der Waals surface area contributed by atoms with Gasteiger partial charge in [-0.05, 0) is 0 Å². The Morgan fingerprint density at radius 2 is 1.54 bits per heavy atom. The Morgan fingerprint density at radius 3 is 1.88 bits per heavy atom. The number of aryl methyl sites for hydroxylation is 1. The van der Waals surface area contributed by atoms with E-state index in [0.29, 0.717) is 5.92 Å². The largest absolute Gasteiger partial charge is 4.00 e. The SMILES string of the molecule is CC1=[C-]C(C)C(C)=C1C.Cc1cc2ccccc2[cH-]1.Cl.Cl.[CH2-]C[CH2-].[Si].[Zr+4]. The Bertz CT molecular complexity index is 639. The van der Waals surface area contributed by atoms with Crippen LogP contribution in [0.5, 0.6) is 0 Å². The monoisotopic (exact) mass is 482 g/mol. The second kappa shape index (κ2) is 17.1. The first-order chi connectivity index (χ1) is 10.4. The summed E-state index contributed by atoms with van der Waals surface area (Å²) >= 11 is 0. The summed E-state index contributed by atoms with van der Waals surface area (Å²) in [6.07, 6.45) is 4.11. The summed E-state index contributed by atoms with van der Waals surface area (Å²) in [4.78, 5) is 0. The molecule has 0 aromatic heterocycles. The standard InChI is InChI=1S/C10H9.C9H13.C3H6.2ClH.Si.Zr/c1-8-6-9-4-2-3-5-10(9)7-8;1-6-5-7(2)9(4)8(6)3;1-3-2;;;;/h2-7H,1H3;6H,1-4H3;1-3H2;2*1H;;/q2*-1;-2;;;;+4. The summed E-state index contributed by atoms with van der Waals surface area (Å²) in [7, 11) is 0. The second-order valence-electron chi connectivity index (χ2n) is 5.81. The predicted octanol–water partition coefficient (Wildman–Crippen LogP) is 7.09. The number of hydrogen-bond donors (Lipinski definition) is 0. The van der Waals surface area contributed by atoms with Crippen LogP contribution in [0, 0.1) is 32.8 Å². The van der Waals surface area contributed by atoms with Gasteiger partial charge in [-0.2, -0.15) is 17.2 Å². The quantitative estimate of drug-likeness (QED) is 0.276. The van der Waals surface area contributed by atoms with E-state index in [1.165, 1.54) is 33.1 Å². The smallest absolute Gasteiger partial charge is 0.372 e. The van der Waals surface area contributed by atoms with Crippen molar-refractivity contribution < 1.29 is 26.2 Å². The maximum atomic E-state index is 3.38. The first-order valence-corrected chi connectivity index (χ1v) is 7.89. The molecule has 0 amide bonds. The third-order valence-corrected chi connectivity index (χ3v) is 4.00. The van der Waals surface area contributed by atoms with Gasteiger partial charge < -0.3 is 20.3 Å². The van der Waals surface area contributed by atoms with Crippen LogP contribution in [0.1, 0.15) is 39.7 Å². The van der Waals surface area contributed by atoms with Crippen molar-refractivity contribution in [2.75, 3.05) is 0 Å². The predicted molar refractivity (Wildman–Crippen MR) is 120 cm³/mol. The summed E-state index contributed by atoms with van der Waals surface area (Å²) in [5, 5.41) is 2.69. The minimum absolute atomic E-state index is 0. The Balaban J connectivity index is -0.000000143. The van der Waals surface area contributed by atoms with Crippen LogP contribution in [0.15, 0.2) is 53.1 Å². The Hall–Kier alpha value is -0.01000. The van der Waals surface area contributed by atoms with Crippen molar-refractivity contribution >= 4 is 46.6 Å². The molecule has 0 aliphatic heterocycles. The summed E-state index contributed by atoms with van der Waals surface area (Å²) in [6.45, 7) is 17.5. The van der Waals surface area contributed by atoms with Gasteiger partial charge in [0.1, 0.15) is 0 Å². The number of benzene rings is 1. The molecule has 2 aromatic rings. The molecule has 1 atom stereocenters. The molecule has 0 nitrogen and oxygen atoms in total. The van der Waals surface area contributed by atoms with Crippen LogP contribution in [-0.4, -0.2) is 11.0 Å². The molecule has 26 heavy (non-hydrogen) atoms. The summed E-state index contributed by atoms with van der Waals surface area (Å²) in [5.41, 5.74) is 5.59. The van der Waals surface area contributed by atoms with Crippen molar-refractivity contribution in [3.63, 3.8) is 0 Å². The molecule has 0 saturated carbocycles. The molecule has 1 unspecified atom stereocenters. The summed E-state index contributed by atoms with van der Waals surface area (Å²) in [6, 6.07) is 12.8. The van der Waals surface area contributed by atoms with Crippen LogP contribution in [-0.2, 0) is 26.2 Å². The summed E-state index contributed by atoms with van der Waals surface area (Å²) in [5.74, 6) is 0.560. The molecule has 0 saturated heterocycles. The number of fused-ring (bicyclic) bond motifs is 1. The third kappa shape index (κ3) is 10.4. The van der Waals surface area contributed by atoms with E-state index in [0.717, 1.165) is 6.42 Å². The number of hydrogen-bond acceptors (Lipinski definition) is 0. The zero-order valence-corrected chi connectivity index (χ0v) is 21.6. The van der Waals surface area contributed by atoms with Crippen LogP contribution >= 0.6 is 24.8 Å². The van der Waals surface area contributed by atoms with Gasteiger partial charge in [-0.3, -0.25) is 6.08 Å². The maximum absolute atomic E-state index is 3.38. The van der Waals surface area contributed by atoms with Crippen LogP contribution < -0.4 is 0 Å². The number of halogens is 2. The fourth-order valence-corrected chi connectivity index (χ4v) is 2.47. The molecule has 1 aliphatic carbocycles. The van der Waals surface area contributed by atoms with E-state index in [9.17, 15) is 0 Å². The Kier molecular flexibility index (Phi) is 22.1. The van der Waals surface area contributed by atoms with Gasteiger partial charge in [-0.15, -0.1) is 72.3 Å². The molecule has 4 radical (unpaired) electrons. The van der Waals surface area contributed by atoms with Crippen molar-refractivity contribution in [1.29, 1.82) is 0 Å². The summed E-state index contributed by atoms with van der Waals surface area (Å²) < 4.78 is 0. The molecule has 4 heteroatoms. The molecule has 0 heterocycles. The average Bonchev–Trinajstić information content (AvgIpc) is 2.95. The van der Waals surface area contributed by atoms with Crippen molar-refractivity contribution in [2.45, 2.75) is 41.0 Å². The number of allylic oxidation sites excluding steroid dienone is 4. The van der Waals surface area contributed by atoms with E-state index in [4.69, 9.17) is 0 Å². The fourth-order valence-electron chi connectivity index (χ4n) is 2.47. The topological polar surface area (TPSA) is 0 Å². The van der Waals surface area contributed by atoms with Gasteiger partial charge in [0.25, 0.3) is 0 Å². The molecule has 0 spiro atoms. The van der Waals surface area contributed by atoms with Gasteiger partial charge in [-0.25, -0.2) is 5.57 Å². The molecular formula is C22H30Cl2SiZr. The van der Waals surface area contributed by atoms with E-state index >= 15 is 0 Å². The Labute approximate surface area is 197 Å². The van der Waals surface area contributed by atoms with Gasteiger partial charge >= 0.3 is 26.2 Å². The van der Waals surface area contributed by atoms with E-state index < -0.39 is 0 Å². The molecule has 3 rings (SSSR count). The van der Waals surface area contributed by atoms with E-state index in [1.54, 1.807) is 0 Å². The number of rotatable bonds is 0. The van der Waals surface area contributed by atoms with Crippen molar-refractivity contribution in [1.82, 2.24) is 0 Å². The van der Waals surface area contributed by atoms with E-state index in [1.807, 2.05) is 0 Å². The third-order valence-electron chi connectivity index (χ3n) is 4.00. The average molecular weight is 485 g/mol. The second-order valence-corrected chi connectivity index (χ2v) is 5.81. The van der Waals surface area contributed by atoms with Crippen LogP contribution in [0.2, 0.25) is 0 Å².